The van der Waals surface area contributed by atoms with E-state index in [1.54, 1.807) is 13.8 Å². The summed E-state index contributed by atoms with van der Waals surface area (Å²) in [7, 11) is -4.06. The van der Waals surface area contributed by atoms with E-state index < -0.39 is 44.3 Å². The number of alkyl halides is 1. The average molecular weight is 444 g/mol. The van der Waals surface area contributed by atoms with Crippen molar-refractivity contribution in [2.24, 2.45) is 0 Å². The molecule has 0 radical (unpaired) electrons. The number of benzene rings is 1. The molecular formula is C19H26FN2O7P. The number of hydrogen-bond donors (Lipinski definition) is 1. The molecule has 1 unspecified atom stereocenters. The second kappa shape index (κ2) is 7.25. The van der Waals surface area contributed by atoms with E-state index in [1.165, 1.54) is 17.8 Å². The Bertz CT molecular complexity index is 1010. The van der Waals surface area contributed by atoms with Crippen molar-refractivity contribution in [3.8, 4) is 5.75 Å². The van der Waals surface area contributed by atoms with Crippen molar-refractivity contribution in [1.29, 1.82) is 0 Å². The summed E-state index contributed by atoms with van der Waals surface area (Å²) >= 11 is 0. The van der Waals surface area contributed by atoms with Gasteiger partial charge in [-0.1, -0.05) is 0 Å². The third-order valence-corrected chi connectivity index (χ3v) is 6.66. The maximum atomic E-state index is 15.6. The Labute approximate surface area is 173 Å². The molecule has 30 heavy (non-hydrogen) atoms. The zero-order valence-corrected chi connectivity index (χ0v) is 18.4. The van der Waals surface area contributed by atoms with Gasteiger partial charge in [-0.2, -0.15) is 0 Å². The van der Waals surface area contributed by atoms with Crippen molar-refractivity contribution in [2.45, 2.75) is 64.5 Å². The number of hydrogen-bond acceptors (Lipinski definition) is 8. The zero-order valence-electron chi connectivity index (χ0n) is 17.5. The molecule has 11 heteroatoms. The van der Waals surface area contributed by atoms with Crippen molar-refractivity contribution in [3.63, 3.8) is 0 Å². The summed E-state index contributed by atoms with van der Waals surface area (Å²) < 4.78 is 56.7. The molecule has 0 aliphatic carbocycles. The van der Waals surface area contributed by atoms with Gasteiger partial charge in [0.2, 0.25) is 0 Å². The van der Waals surface area contributed by atoms with Gasteiger partial charge in [0.1, 0.15) is 23.5 Å². The van der Waals surface area contributed by atoms with Gasteiger partial charge >= 0.3 is 7.82 Å². The number of nitrogens with zero attached hydrogens (tertiary/aromatic N) is 2. The van der Waals surface area contributed by atoms with Gasteiger partial charge in [-0.25, -0.2) is 13.9 Å². The Morgan fingerprint density at radius 1 is 1.47 bits per heavy atom. The van der Waals surface area contributed by atoms with Gasteiger partial charge < -0.3 is 19.1 Å². The van der Waals surface area contributed by atoms with E-state index in [2.05, 4.69) is 4.98 Å². The van der Waals surface area contributed by atoms with Gasteiger partial charge in [0, 0.05) is 0 Å². The lowest BCUT2D eigenvalue weighted by Crippen LogP contribution is -2.52. The lowest BCUT2D eigenvalue weighted by Gasteiger charge is -2.37. The maximum absolute atomic E-state index is 15.6. The van der Waals surface area contributed by atoms with E-state index in [0.717, 1.165) is 5.56 Å². The van der Waals surface area contributed by atoms with Gasteiger partial charge in [-0.05, 0) is 52.3 Å². The van der Waals surface area contributed by atoms with E-state index in [9.17, 15) is 9.67 Å². The standard InChI is InChI=1S/C19H26FN2O7P/c1-6-25-14-8-12(4)7-13-15(14)21-10-22(13)17-18(5,23)16-19(20,27-17)9-26-30(24,29-16)28-11(2)3/h7-8,10-11,16-17,23H,6,9H2,1-5H3/t16-,17+,18+,19+,30?/m0/s1. The SMILES string of the molecule is CCOc1cc(C)cc2c1ncn2[C@@H]1O[C@]2(F)COP(=O)(OC(C)C)O[C@H]2[C@@]1(C)O. The number of aromatic nitrogens is 2. The van der Waals surface area contributed by atoms with Gasteiger partial charge in [0.05, 0.1) is 24.6 Å². The fourth-order valence-corrected chi connectivity index (χ4v) is 5.55. The minimum Gasteiger partial charge on any atom is -0.492 e. The molecule has 1 aromatic heterocycles. The van der Waals surface area contributed by atoms with Gasteiger partial charge in [-0.15, -0.1) is 0 Å². The van der Waals surface area contributed by atoms with Gasteiger partial charge in [-0.3, -0.25) is 13.6 Å². The number of fused-ring (bicyclic) bond motifs is 2. The number of phosphoric ester groups is 1. The van der Waals surface area contributed by atoms with E-state index in [-0.39, 0.29) is 0 Å². The summed E-state index contributed by atoms with van der Waals surface area (Å²) in [6.07, 6.45) is -1.86. The highest BCUT2D eigenvalue weighted by atomic mass is 31.2. The second-order valence-corrected chi connectivity index (χ2v) is 9.63. The largest absolute Gasteiger partial charge is 0.492 e. The minimum atomic E-state index is -4.06. The van der Waals surface area contributed by atoms with Crippen LogP contribution in [0.5, 0.6) is 5.75 Å². The summed E-state index contributed by atoms with van der Waals surface area (Å²) in [5.74, 6) is -1.95. The van der Waals surface area contributed by atoms with Crippen molar-refractivity contribution in [2.75, 3.05) is 13.2 Å². The molecule has 5 atom stereocenters. The van der Waals surface area contributed by atoms with E-state index in [1.807, 2.05) is 26.0 Å². The molecule has 2 aromatic rings. The van der Waals surface area contributed by atoms with E-state index in [0.29, 0.717) is 23.4 Å². The van der Waals surface area contributed by atoms with E-state index >= 15 is 4.39 Å². The molecule has 2 saturated heterocycles. The number of ether oxygens (including phenoxy) is 2. The maximum Gasteiger partial charge on any atom is 0.475 e. The number of aryl methyl sites for hydroxylation is 1. The summed E-state index contributed by atoms with van der Waals surface area (Å²) in [5, 5.41) is 11.3. The molecular weight excluding hydrogens is 418 g/mol. The summed E-state index contributed by atoms with van der Waals surface area (Å²) in [6.45, 7) is 8.15. The van der Waals surface area contributed by atoms with Crippen molar-refractivity contribution < 1.29 is 37.1 Å². The Kier molecular flexibility index (Phi) is 5.24. The fraction of sp³-hybridized carbons (Fsp3) is 0.632. The van der Waals surface area contributed by atoms with Gasteiger partial charge in [0.25, 0.3) is 5.85 Å². The zero-order chi connectivity index (χ0) is 21.9. The number of phosphoric acid groups is 1. The summed E-state index contributed by atoms with van der Waals surface area (Å²) in [6, 6.07) is 3.69. The molecule has 0 bridgehead atoms. The quantitative estimate of drug-likeness (QED) is 0.698. The molecule has 2 fully saturated rings. The van der Waals surface area contributed by atoms with Crippen LogP contribution < -0.4 is 4.74 Å². The van der Waals surface area contributed by atoms with Crippen LogP contribution in [0.4, 0.5) is 4.39 Å². The fourth-order valence-electron chi connectivity index (χ4n) is 3.89. The highest BCUT2D eigenvalue weighted by Crippen LogP contribution is 2.62. The topological polar surface area (TPSA) is 101 Å². The molecule has 9 nitrogen and oxygen atoms in total. The first-order valence-corrected chi connectivity index (χ1v) is 11.3. The third-order valence-electron chi connectivity index (χ3n) is 5.06. The van der Waals surface area contributed by atoms with Crippen molar-refractivity contribution in [1.82, 2.24) is 9.55 Å². The predicted molar refractivity (Wildman–Crippen MR) is 105 cm³/mol. The molecule has 1 aromatic carbocycles. The molecule has 0 spiro atoms. The average Bonchev–Trinajstić information content (AvgIpc) is 3.13. The Balaban J connectivity index is 1.74. The Hall–Kier alpha value is -1.55. The number of halogens is 1. The number of imidazole rings is 1. The Morgan fingerprint density at radius 2 is 2.20 bits per heavy atom. The molecule has 166 valence electrons. The van der Waals surface area contributed by atoms with Gasteiger partial charge in [0.15, 0.2) is 12.3 Å². The van der Waals surface area contributed by atoms with Crippen molar-refractivity contribution >= 4 is 18.9 Å². The first kappa shape index (κ1) is 21.7. The molecule has 0 saturated carbocycles. The normalized spacial score (nSPS) is 36.4. The predicted octanol–water partition coefficient (Wildman–Crippen LogP) is 3.64. The van der Waals surface area contributed by atoms with Crippen LogP contribution in [0.1, 0.15) is 39.5 Å². The van der Waals surface area contributed by atoms with Crippen molar-refractivity contribution in [3.05, 3.63) is 24.0 Å². The van der Waals surface area contributed by atoms with E-state index in [4.69, 9.17) is 23.0 Å². The number of aliphatic hydroxyl groups is 1. The molecule has 0 amide bonds. The highest BCUT2D eigenvalue weighted by Gasteiger charge is 2.69. The Morgan fingerprint density at radius 3 is 2.87 bits per heavy atom. The lowest BCUT2D eigenvalue weighted by atomic mass is 9.95. The summed E-state index contributed by atoms with van der Waals surface area (Å²) in [5.41, 5.74) is 0.133. The van der Waals surface area contributed by atoms with Crippen LogP contribution in [-0.4, -0.2) is 51.5 Å². The smallest absolute Gasteiger partial charge is 0.475 e. The van der Waals surface area contributed by atoms with Crippen LogP contribution in [0, 0.1) is 6.92 Å². The van der Waals surface area contributed by atoms with Crippen LogP contribution in [0.3, 0.4) is 0 Å². The van der Waals surface area contributed by atoms with Crippen LogP contribution >= 0.6 is 7.82 Å². The lowest BCUT2D eigenvalue weighted by molar-refractivity contribution is -0.220. The first-order valence-electron chi connectivity index (χ1n) is 9.79. The molecule has 3 heterocycles. The van der Waals surface area contributed by atoms with Crippen LogP contribution in [-0.2, 0) is 22.9 Å². The minimum absolute atomic E-state index is 0.453. The molecule has 2 aliphatic heterocycles. The molecule has 4 rings (SSSR count). The molecule has 2 aliphatic rings. The van der Waals surface area contributed by atoms with Crippen LogP contribution in [0.15, 0.2) is 18.5 Å². The second-order valence-electron chi connectivity index (χ2n) is 8.06. The highest BCUT2D eigenvalue weighted by molar-refractivity contribution is 7.48. The van der Waals surface area contributed by atoms with Crippen LogP contribution in [0.25, 0.3) is 11.0 Å². The first-order chi connectivity index (χ1) is 14.0. The molecule has 1 N–H and O–H groups in total. The van der Waals surface area contributed by atoms with Crippen LogP contribution in [0.2, 0.25) is 0 Å². The third kappa shape index (κ3) is 3.45. The number of rotatable bonds is 5. The summed E-state index contributed by atoms with van der Waals surface area (Å²) in [4.78, 5) is 4.37. The monoisotopic (exact) mass is 444 g/mol.